The fourth-order valence-electron chi connectivity index (χ4n) is 2.78. The summed E-state index contributed by atoms with van der Waals surface area (Å²) < 4.78 is 61.8. The Morgan fingerprint density at radius 2 is 1.68 bits per heavy atom. The third-order valence-corrected chi connectivity index (χ3v) is 4.34. The van der Waals surface area contributed by atoms with Gasteiger partial charge in [0.05, 0.1) is 7.11 Å². The second kappa shape index (κ2) is 10.6. The second-order valence-electron chi connectivity index (χ2n) is 6.87. The van der Waals surface area contributed by atoms with E-state index in [2.05, 4.69) is 15.4 Å². The van der Waals surface area contributed by atoms with Crippen molar-refractivity contribution in [3.05, 3.63) is 59.2 Å². The Balaban J connectivity index is 2.08. The molecule has 0 aliphatic rings. The molecule has 0 saturated heterocycles. The minimum absolute atomic E-state index is 0.0166. The molecule has 2 aromatic rings. The molecule has 2 amide bonds. The average molecular weight is 442 g/mol. The van der Waals surface area contributed by atoms with Crippen LogP contribution in [0.3, 0.4) is 0 Å². The minimum Gasteiger partial charge on any atom is -0.493 e. The normalized spacial score (nSPS) is 11.9. The number of halogens is 4. The van der Waals surface area contributed by atoms with E-state index in [1.165, 1.54) is 25.3 Å². The lowest BCUT2D eigenvalue weighted by Crippen LogP contribution is -2.49. The van der Waals surface area contributed by atoms with Gasteiger partial charge in [0.2, 0.25) is 5.91 Å². The van der Waals surface area contributed by atoms with E-state index < -0.39 is 47.6 Å². The number of hydrogen-bond donors (Lipinski definition) is 2. The number of carbonyl (C=O) groups is 2. The number of nitrogens with one attached hydrogen (secondary N) is 2. The summed E-state index contributed by atoms with van der Waals surface area (Å²) in [6, 6.07) is 6.08. The Kier molecular flexibility index (Phi) is 8.23. The zero-order chi connectivity index (χ0) is 23.1. The lowest BCUT2D eigenvalue weighted by molar-refractivity contribution is -0.124. The molecule has 0 heterocycles. The molecule has 0 fully saturated rings. The Bertz CT molecular complexity index is 917. The highest BCUT2D eigenvalue weighted by atomic mass is 19.3. The first-order valence-corrected chi connectivity index (χ1v) is 9.28. The highest BCUT2D eigenvalue weighted by Gasteiger charge is 2.27. The van der Waals surface area contributed by atoms with E-state index in [4.69, 9.17) is 4.74 Å². The SMILES string of the molecule is COc1cc(CNC(=O)[C@H](NC(=O)c2c(F)cccc2F)C(C)C)ccc1OC(F)F. The third kappa shape index (κ3) is 6.34. The Hall–Kier alpha value is -3.30. The maximum absolute atomic E-state index is 13.8. The number of amides is 2. The molecule has 0 saturated carbocycles. The summed E-state index contributed by atoms with van der Waals surface area (Å²) in [6.07, 6.45) is 0. The molecule has 2 N–H and O–H groups in total. The summed E-state index contributed by atoms with van der Waals surface area (Å²) in [5.74, 6) is -4.23. The lowest BCUT2D eigenvalue weighted by Gasteiger charge is -2.22. The molecule has 0 aliphatic heterocycles. The zero-order valence-electron chi connectivity index (χ0n) is 17.0. The topological polar surface area (TPSA) is 76.7 Å². The van der Waals surface area contributed by atoms with Gasteiger partial charge in [-0.05, 0) is 35.7 Å². The zero-order valence-corrected chi connectivity index (χ0v) is 17.0. The molecule has 6 nitrogen and oxygen atoms in total. The molecule has 31 heavy (non-hydrogen) atoms. The first kappa shape index (κ1) is 24.0. The first-order chi connectivity index (χ1) is 14.6. The Labute approximate surface area is 176 Å². The van der Waals surface area contributed by atoms with E-state index in [9.17, 15) is 27.2 Å². The van der Waals surface area contributed by atoms with Crippen LogP contribution in [0.5, 0.6) is 11.5 Å². The molecule has 0 spiro atoms. The van der Waals surface area contributed by atoms with Crippen LogP contribution in [0, 0.1) is 17.6 Å². The second-order valence-corrected chi connectivity index (χ2v) is 6.87. The van der Waals surface area contributed by atoms with Gasteiger partial charge in [-0.1, -0.05) is 26.0 Å². The molecule has 0 radical (unpaired) electrons. The van der Waals surface area contributed by atoms with Crippen LogP contribution in [0.2, 0.25) is 0 Å². The maximum atomic E-state index is 13.8. The van der Waals surface area contributed by atoms with E-state index in [0.717, 1.165) is 18.2 Å². The van der Waals surface area contributed by atoms with Crippen molar-refractivity contribution in [3.8, 4) is 11.5 Å². The van der Waals surface area contributed by atoms with Crippen LogP contribution in [-0.2, 0) is 11.3 Å². The van der Waals surface area contributed by atoms with Crippen molar-refractivity contribution in [1.82, 2.24) is 10.6 Å². The summed E-state index contributed by atoms with van der Waals surface area (Å²) in [7, 11) is 1.28. The minimum atomic E-state index is -3.02. The third-order valence-electron chi connectivity index (χ3n) is 4.34. The molecule has 2 aromatic carbocycles. The number of ether oxygens (including phenoxy) is 2. The highest BCUT2D eigenvalue weighted by molar-refractivity contribution is 5.98. The van der Waals surface area contributed by atoms with Crippen LogP contribution in [0.4, 0.5) is 17.6 Å². The van der Waals surface area contributed by atoms with Gasteiger partial charge in [0, 0.05) is 6.54 Å². The van der Waals surface area contributed by atoms with Gasteiger partial charge in [-0.2, -0.15) is 8.78 Å². The number of benzene rings is 2. The molecule has 0 bridgehead atoms. The molecular weight excluding hydrogens is 420 g/mol. The molecule has 2 rings (SSSR count). The number of rotatable bonds is 9. The molecule has 1 atom stereocenters. The van der Waals surface area contributed by atoms with Gasteiger partial charge < -0.3 is 20.1 Å². The molecule has 10 heteroatoms. The summed E-state index contributed by atoms with van der Waals surface area (Å²) in [4.78, 5) is 24.9. The summed E-state index contributed by atoms with van der Waals surface area (Å²) >= 11 is 0. The highest BCUT2D eigenvalue weighted by Crippen LogP contribution is 2.29. The monoisotopic (exact) mass is 442 g/mol. The predicted molar refractivity (Wildman–Crippen MR) is 104 cm³/mol. The van der Waals surface area contributed by atoms with Crippen molar-refractivity contribution in [2.75, 3.05) is 7.11 Å². The van der Waals surface area contributed by atoms with Crippen molar-refractivity contribution in [2.45, 2.75) is 33.0 Å². The molecule has 0 aliphatic carbocycles. The number of hydrogen-bond acceptors (Lipinski definition) is 4. The maximum Gasteiger partial charge on any atom is 0.387 e. The Morgan fingerprint density at radius 1 is 1.03 bits per heavy atom. The van der Waals surface area contributed by atoms with Crippen molar-refractivity contribution >= 4 is 11.8 Å². The van der Waals surface area contributed by atoms with E-state index in [0.29, 0.717) is 5.56 Å². The number of alkyl halides is 2. The molecule has 168 valence electrons. The number of methoxy groups -OCH3 is 1. The average Bonchev–Trinajstić information content (AvgIpc) is 2.70. The smallest absolute Gasteiger partial charge is 0.387 e. The van der Waals surface area contributed by atoms with Crippen molar-refractivity contribution in [1.29, 1.82) is 0 Å². The van der Waals surface area contributed by atoms with Crippen LogP contribution >= 0.6 is 0 Å². The standard InChI is InChI=1S/C21H22F4N2O4/c1-11(2)18(27-19(28)17-13(22)5-4-6-14(17)23)20(29)26-10-12-7-8-15(31-21(24)25)16(9-12)30-3/h4-9,11,18,21H,10H2,1-3H3,(H,26,29)(H,27,28)/t18-/m1/s1. The van der Waals surface area contributed by atoms with E-state index in [-0.39, 0.29) is 18.0 Å². The van der Waals surface area contributed by atoms with Gasteiger partial charge in [0.25, 0.3) is 5.91 Å². The van der Waals surface area contributed by atoms with Gasteiger partial charge in [0.1, 0.15) is 23.2 Å². The lowest BCUT2D eigenvalue weighted by atomic mass is 10.0. The quantitative estimate of drug-likeness (QED) is 0.582. The largest absolute Gasteiger partial charge is 0.493 e. The fourth-order valence-corrected chi connectivity index (χ4v) is 2.78. The molecule has 0 unspecified atom stereocenters. The van der Waals surface area contributed by atoms with Gasteiger partial charge in [-0.15, -0.1) is 0 Å². The summed E-state index contributed by atoms with van der Waals surface area (Å²) in [6.45, 7) is 0.273. The van der Waals surface area contributed by atoms with Gasteiger partial charge >= 0.3 is 6.61 Å². The van der Waals surface area contributed by atoms with Gasteiger partial charge in [-0.25, -0.2) is 8.78 Å². The fraction of sp³-hybridized carbons (Fsp3) is 0.333. The molecule has 0 aromatic heterocycles. The first-order valence-electron chi connectivity index (χ1n) is 9.28. The van der Waals surface area contributed by atoms with Gasteiger partial charge in [0.15, 0.2) is 11.5 Å². The van der Waals surface area contributed by atoms with Crippen LogP contribution in [0.15, 0.2) is 36.4 Å². The van der Waals surface area contributed by atoms with Crippen molar-refractivity contribution in [2.24, 2.45) is 5.92 Å². The van der Waals surface area contributed by atoms with Crippen LogP contribution < -0.4 is 20.1 Å². The predicted octanol–water partition coefficient (Wildman–Crippen LogP) is 3.65. The van der Waals surface area contributed by atoms with E-state index in [1.54, 1.807) is 13.8 Å². The van der Waals surface area contributed by atoms with Crippen molar-refractivity contribution in [3.63, 3.8) is 0 Å². The van der Waals surface area contributed by atoms with E-state index in [1.807, 2.05) is 0 Å². The molecular formula is C21H22F4N2O4. The van der Waals surface area contributed by atoms with Gasteiger partial charge in [-0.3, -0.25) is 9.59 Å². The van der Waals surface area contributed by atoms with Crippen molar-refractivity contribution < 1.29 is 36.6 Å². The van der Waals surface area contributed by atoms with Crippen LogP contribution in [0.25, 0.3) is 0 Å². The Morgan fingerprint density at radius 3 is 2.23 bits per heavy atom. The van der Waals surface area contributed by atoms with Crippen LogP contribution in [-0.4, -0.2) is 31.6 Å². The van der Waals surface area contributed by atoms with Crippen LogP contribution in [0.1, 0.15) is 29.8 Å². The summed E-state index contributed by atoms with van der Waals surface area (Å²) in [5, 5.41) is 4.94. The summed E-state index contributed by atoms with van der Waals surface area (Å²) in [5.41, 5.74) is -0.263. The number of carbonyl (C=O) groups excluding carboxylic acids is 2. The van der Waals surface area contributed by atoms with E-state index >= 15 is 0 Å².